The number of nitro benzene ring substituents is 1. The van der Waals surface area contributed by atoms with Crippen molar-refractivity contribution in [1.82, 2.24) is 0 Å². The molecule has 3 rings (SSSR count). The SMILES string of the molecule is O=C(Nc1cc(NC(=O)c2ccccc2)cc([N+](=O)[O-])c1)c1ccccc1. The first-order chi connectivity index (χ1) is 13.0. The molecule has 0 aliphatic carbocycles. The van der Waals surface area contributed by atoms with Crippen molar-refractivity contribution >= 4 is 28.9 Å². The monoisotopic (exact) mass is 361 g/mol. The van der Waals surface area contributed by atoms with E-state index >= 15 is 0 Å². The summed E-state index contributed by atoms with van der Waals surface area (Å²) in [4.78, 5) is 35.2. The number of non-ortho nitro benzene ring substituents is 1. The van der Waals surface area contributed by atoms with Crippen molar-refractivity contribution in [3.05, 3.63) is 100 Å². The number of nitrogens with one attached hydrogen (secondary N) is 2. The summed E-state index contributed by atoms with van der Waals surface area (Å²) in [6, 6.07) is 20.9. The Hall–Kier alpha value is -4.00. The molecule has 3 aromatic rings. The van der Waals surface area contributed by atoms with Gasteiger partial charge in [-0.2, -0.15) is 0 Å². The van der Waals surface area contributed by atoms with Crippen LogP contribution in [0.5, 0.6) is 0 Å². The van der Waals surface area contributed by atoms with Gasteiger partial charge in [-0.15, -0.1) is 0 Å². The van der Waals surface area contributed by atoms with Gasteiger partial charge < -0.3 is 10.6 Å². The fraction of sp³-hybridized carbons (Fsp3) is 0. The fourth-order valence-electron chi connectivity index (χ4n) is 2.45. The molecule has 0 saturated carbocycles. The Morgan fingerprint density at radius 3 is 1.48 bits per heavy atom. The molecule has 7 heteroatoms. The molecule has 0 saturated heterocycles. The van der Waals surface area contributed by atoms with Crippen LogP contribution in [0.1, 0.15) is 20.7 Å². The highest BCUT2D eigenvalue weighted by Gasteiger charge is 2.14. The van der Waals surface area contributed by atoms with Gasteiger partial charge in [0.1, 0.15) is 0 Å². The normalized spacial score (nSPS) is 10.1. The van der Waals surface area contributed by atoms with E-state index in [4.69, 9.17) is 0 Å². The van der Waals surface area contributed by atoms with Crippen LogP contribution < -0.4 is 10.6 Å². The van der Waals surface area contributed by atoms with E-state index in [0.29, 0.717) is 11.1 Å². The van der Waals surface area contributed by atoms with Crippen molar-refractivity contribution in [2.75, 3.05) is 10.6 Å². The van der Waals surface area contributed by atoms with E-state index in [9.17, 15) is 19.7 Å². The molecular formula is C20H15N3O4. The van der Waals surface area contributed by atoms with E-state index in [2.05, 4.69) is 10.6 Å². The van der Waals surface area contributed by atoms with Crippen molar-refractivity contribution in [2.24, 2.45) is 0 Å². The Balaban J connectivity index is 1.85. The molecule has 0 unspecified atom stereocenters. The standard InChI is InChI=1S/C20H15N3O4/c24-19(14-7-3-1-4-8-14)21-16-11-17(13-18(12-16)23(26)27)22-20(25)15-9-5-2-6-10-15/h1-13H,(H,21,24)(H,22,25). The first kappa shape index (κ1) is 17.8. The van der Waals surface area contributed by atoms with Crippen molar-refractivity contribution in [1.29, 1.82) is 0 Å². The molecule has 0 fully saturated rings. The van der Waals surface area contributed by atoms with Crippen molar-refractivity contribution < 1.29 is 14.5 Å². The number of nitro groups is 1. The number of hydrogen-bond acceptors (Lipinski definition) is 4. The lowest BCUT2D eigenvalue weighted by Crippen LogP contribution is -2.14. The van der Waals surface area contributed by atoms with E-state index in [0.717, 1.165) is 0 Å². The summed E-state index contributed by atoms with van der Waals surface area (Å²) in [7, 11) is 0. The summed E-state index contributed by atoms with van der Waals surface area (Å²) in [5.74, 6) is -0.812. The third-order valence-corrected chi connectivity index (χ3v) is 3.72. The van der Waals surface area contributed by atoms with Crippen LogP contribution >= 0.6 is 0 Å². The fourth-order valence-corrected chi connectivity index (χ4v) is 2.45. The van der Waals surface area contributed by atoms with Crippen molar-refractivity contribution in [3.8, 4) is 0 Å². The topological polar surface area (TPSA) is 101 Å². The zero-order valence-electron chi connectivity index (χ0n) is 14.1. The zero-order valence-corrected chi connectivity index (χ0v) is 14.1. The van der Waals surface area contributed by atoms with Gasteiger partial charge in [-0.1, -0.05) is 36.4 Å². The molecule has 0 spiro atoms. The second kappa shape index (κ2) is 7.92. The summed E-state index contributed by atoms with van der Waals surface area (Å²) in [6.07, 6.45) is 0. The smallest absolute Gasteiger partial charge is 0.273 e. The van der Waals surface area contributed by atoms with Crippen LogP contribution in [-0.2, 0) is 0 Å². The molecule has 2 N–H and O–H groups in total. The number of nitrogens with zero attached hydrogens (tertiary/aromatic N) is 1. The molecule has 0 aromatic heterocycles. The lowest BCUT2D eigenvalue weighted by molar-refractivity contribution is -0.384. The molecule has 0 heterocycles. The largest absolute Gasteiger partial charge is 0.322 e. The number of hydrogen-bond donors (Lipinski definition) is 2. The Morgan fingerprint density at radius 1 is 0.704 bits per heavy atom. The molecule has 7 nitrogen and oxygen atoms in total. The van der Waals surface area contributed by atoms with Crippen LogP contribution in [0.25, 0.3) is 0 Å². The summed E-state index contributed by atoms with van der Waals surface area (Å²) >= 11 is 0. The minimum absolute atomic E-state index is 0.210. The van der Waals surface area contributed by atoms with Crippen LogP contribution in [0.3, 0.4) is 0 Å². The Labute approximate surface area is 154 Å². The highest BCUT2D eigenvalue weighted by molar-refractivity contribution is 6.06. The van der Waals surface area contributed by atoms with Crippen molar-refractivity contribution in [3.63, 3.8) is 0 Å². The minimum Gasteiger partial charge on any atom is -0.322 e. The highest BCUT2D eigenvalue weighted by atomic mass is 16.6. The summed E-state index contributed by atoms with van der Waals surface area (Å²) in [6.45, 7) is 0. The highest BCUT2D eigenvalue weighted by Crippen LogP contribution is 2.25. The Bertz CT molecular complexity index is 917. The minimum atomic E-state index is -0.587. The molecule has 27 heavy (non-hydrogen) atoms. The molecule has 0 atom stereocenters. The zero-order chi connectivity index (χ0) is 19.2. The summed E-state index contributed by atoms with van der Waals surface area (Å²) < 4.78 is 0. The van der Waals surface area contributed by atoms with Crippen LogP contribution in [0.15, 0.2) is 78.9 Å². The van der Waals surface area contributed by atoms with Crippen LogP contribution in [-0.4, -0.2) is 16.7 Å². The van der Waals surface area contributed by atoms with Gasteiger partial charge in [0, 0.05) is 34.6 Å². The van der Waals surface area contributed by atoms with Gasteiger partial charge in [-0.3, -0.25) is 19.7 Å². The van der Waals surface area contributed by atoms with Gasteiger partial charge >= 0.3 is 0 Å². The van der Waals surface area contributed by atoms with Crippen LogP contribution in [0.4, 0.5) is 17.1 Å². The maximum absolute atomic E-state index is 12.3. The number of carbonyl (C=O) groups excluding carboxylic acids is 2. The van der Waals surface area contributed by atoms with E-state index in [1.54, 1.807) is 60.7 Å². The number of carbonyl (C=O) groups is 2. The Morgan fingerprint density at radius 2 is 1.11 bits per heavy atom. The quantitative estimate of drug-likeness (QED) is 0.527. The van der Waals surface area contributed by atoms with E-state index in [-0.39, 0.29) is 17.1 Å². The molecule has 0 radical (unpaired) electrons. The van der Waals surface area contributed by atoms with Crippen LogP contribution in [0.2, 0.25) is 0 Å². The summed E-state index contributed by atoms with van der Waals surface area (Å²) in [5.41, 5.74) is 1.00. The van der Waals surface area contributed by atoms with Gasteiger partial charge in [-0.05, 0) is 30.3 Å². The average molecular weight is 361 g/mol. The first-order valence-corrected chi connectivity index (χ1v) is 8.05. The van der Waals surface area contributed by atoms with Gasteiger partial charge in [0.2, 0.25) is 0 Å². The second-order valence-electron chi connectivity index (χ2n) is 5.67. The number of anilines is 2. The van der Waals surface area contributed by atoms with E-state index in [1.807, 2.05) is 0 Å². The predicted molar refractivity (Wildman–Crippen MR) is 102 cm³/mol. The van der Waals surface area contributed by atoms with E-state index in [1.165, 1.54) is 18.2 Å². The molecule has 0 bridgehead atoms. The van der Waals surface area contributed by atoms with Gasteiger partial charge in [0.15, 0.2) is 0 Å². The third-order valence-electron chi connectivity index (χ3n) is 3.72. The van der Waals surface area contributed by atoms with Gasteiger partial charge in [0.05, 0.1) is 4.92 Å². The number of rotatable bonds is 5. The molecular weight excluding hydrogens is 346 g/mol. The predicted octanol–water partition coefficient (Wildman–Crippen LogP) is 4.10. The summed E-state index contributed by atoms with van der Waals surface area (Å²) in [5, 5.41) is 16.4. The molecule has 2 amide bonds. The molecule has 3 aromatic carbocycles. The average Bonchev–Trinajstić information content (AvgIpc) is 2.69. The van der Waals surface area contributed by atoms with Crippen LogP contribution in [0, 0.1) is 10.1 Å². The van der Waals surface area contributed by atoms with Crippen molar-refractivity contribution in [2.45, 2.75) is 0 Å². The number of amides is 2. The lowest BCUT2D eigenvalue weighted by atomic mass is 10.2. The van der Waals surface area contributed by atoms with Gasteiger partial charge in [-0.25, -0.2) is 0 Å². The molecule has 0 aliphatic rings. The molecule has 0 aliphatic heterocycles. The van der Waals surface area contributed by atoms with E-state index < -0.39 is 16.7 Å². The van der Waals surface area contributed by atoms with Gasteiger partial charge in [0.25, 0.3) is 17.5 Å². The lowest BCUT2D eigenvalue weighted by Gasteiger charge is -2.09. The Kier molecular flexibility index (Phi) is 5.22. The maximum Gasteiger partial charge on any atom is 0.273 e. The first-order valence-electron chi connectivity index (χ1n) is 8.05. The maximum atomic E-state index is 12.3. The molecule has 134 valence electrons. The third kappa shape index (κ3) is 4.55. The second-order valence-corrected chi connectivity index (χ2v) is 5.67. The number of benzene rings is 3.